The van der Waals surface area contributed by atoms with Crippen LogP contribution < -0.4 is 5.32 Å². The molecule has 0 amide bonds. The van der Waals surface area contributed by atoms with Crippen molar-refractivity contribution in [3.8, 4) is 0 Å². The first-order valence-electron chi connectivity index (χ1n) is 7.23. The highest BCUT2D eigenvalue weighted by molar-refractivity contribution is 5.24. The van der Waals surface area contributed by atoms with Crippen LogP contribution in [0, 0.1) is 12.8 Å². The van der Waals surface area contributed by atoms with Crippen LogP contribution in [0.1, 0.15) is 43.8 Å². The highest BCUT2D eigenvalue weighted by atomic mass is 15.3. The zero-order valence-corrected chi connectivity index (χ0v) is 12.8. The highest BCUT2D eigenvalue weighted by Crippen LogP contribution is 2.14. The lowest BCUT2D eigenvalue weighted by molar-refractivity contribution is 0.449. The van der Waals surface area contributed by atoms with Crippen molar-refractivity contribution in [3.63, 3.8) is 0 Å². The monoisotopic (exact) mass is 272 g/mol. The summed E-state index contributed by atoms with van der Waals surface area (Å²) in [7, 11) is 0. The molecule has 4 nitrogen and oxygen atoms in total. The van der Waals surface area contributed by atoms with Crippen LogP contribution in [0.2, 0.25) is 0 Å². The van der Waals surface area contributed by atoms with E-state index in [0.717, 1.165) is 18.9 Å². The summed E-state index contributed by atoms with van der Waals surface area (Å²) in [5.41, 5.74) is 2.60. The van der Waals surface area contributed by atoms with Gasteiger partial charge < -0.3 is 5.32 Å². The first-order valence-corrected chi connectivity index (χ1v) is 7.23. The molecule has 1 N–H and O–H groups in total. The number of rotatable bonds is 6. The number of nitrogens with one attached hydrogen (secondary N) is 1. The number of hydrogen-bond donors (Lipinski definition) is 1. The first kappa shape index (κ1) is 14.7. The smallest absolute Gasteiger partial charge is 0.140 e. The van der Waals surface area contributed by atoms with Crippen LogP contribution in [-0.2, 0) is 13.1 Å². The average molecular weight is 272 g/mol. The Balaban J connectivity index is 1.97. The summed E-state index contributed by atoms with van der Waals surface area (Å²) in [5, 5.41) is 7.81. The summed E-state index contributed by atoms with van der Waals surface area (Å²) >= 11 is 0. The second kappa shape index (κ2) is 6.66. The Morgan fingerprint density at radius 2 is 2.05 bits per heavy atom. The molecule has 1 atom stereocenters. The molecule has 0 bridgehead atoms. The molecule has 2 aromatic rings. The number of aryl methyl sites for hydroxylation is 1. The van der Waals surface area contributed by atoms with E-state index in [4.69, 9.17) is 0 Å². The third kappa shape index (κ3) is 3.90. The molecule has 0 saturated heterocycles. The molecule has 0 fully saturated rings. The normalized spacial score (nSPS) is 12.8. The van der Waals surface area contributed by atoms with Crippen molar-refractivity contribution < 1.29 is 0 Å². The van der Waals surface area contributed by atoms with Gasteiger partial charge in [-0.15, -0.1) is 0 Å². The summed E-state index contributed by atoms with van der Waals surface area (Å²) in [6, 6.07) is 8.90. The van der Waals surface area contributed by atoms with Crippen LogP contribution >= 0.6 is 0 Å². The Bertz CT molecular complexity index is 545. The van der Waals surface area contributed by atoms with E-state index < -0.39 is 0 Å². The van der Waals surface area contributed by atoms with Gasteiger partial charge in [-0.25, -0.2) is 9.67 Å². The zero-order valence-electron chi connectivity index (χ0n) is 12.8. The van der Waals surface area contributed by atoms with E-state index in [1.165, 1.54) is 11.1 Å². The van der Waals surface area contributed by atoms with Crippen molar-refractivity contribution in [3.05, 3.63) is 47.5 Å². The van der Waals surface area contributed by atoms with Gasteiger partial charge in [0.25, 0.3) is 0 Å². The molecule has 0 unspecified atom stereocenters. The molecular weight excluding hydrogens is 248 g/mol. The fraction of sp³-hybridized carbons (Fsp3) is 0.500. The van der Waals surface area contributed by atoms with Crippen LogP contribution in [0.4, 0.5) is 0 Å². The minimum Gasteiger partial charge on any atom is -0.303 e. The lowest BCUT2D eigenvalue weighted by atomic mass is 10.1. The summed E-state index contributed by atoms with van der Waals surface area (Å²) in [5.74, 6) is 1.57. The molecule has 20 heavy (non-hydrogen) atoms. The van der Waals surface area contributed by atoms with E-state index in [2.05, 4.69) is 67.4 Å². The maximum Gasteiger partial charge on any atom is 0.140 e. The largest absolute Gasteiger partial charge is 0.303 e. The van der Waals surface area contributed by atoms with Gasteiger partial charge in [-0.1, -0.05) is 43.7 Å². The van der Waals surface area contributed by atoms with E-state index in [1.807, 2.05) is 4.68 Å². The molecule has 1 aromatic carbocycles. The Morgan fingerprint density at radius 3 is 2.75 bits per heavy atom. The molecule has 1 aromatic heterocycles. The fourth-order valence-corrected chi connectivity index (χ4v) is 2.23. The minimum absolute atomic E-state index is 0.305. The Hall–Kier alpha value is -1.68. The first-order chi connectivity index (χ1) is 9.56. The third-order valence-corrected chi connectivity index (χ3v) is 3.34. The molecule has 0 aliphatic rings. The lowest BCUT2D eigenvalue weighted by Crippen LogP contribution is -2.22. The van der Waals surface area contributed by atoms with Crippen LogP contribution in [0.5, 0.6) is 0 Å². The third-order valence-electron chi connectivity index (χ3n) is 3.34. The van der Waals surface area contributed by atoms with Crippen LogP contribution in [0.25, 0.3) is 0 Å². The van der Waals surface area contributed by atoms with Crippen molar-refractivity contribution in [1.82, 2.24) is 20.1 Å². The summed E-state index contributed by atoms with van der Waals surface area (Å²) < 4.78 is 1.99. The van der Waals surface area contributed by atoms with Crippen LogP contribution in [0.3, 0.4) is 0 Å². The molecule has 4 heteroatoms. The zero-order chi connectivity index (χ0) is 14.5. The van der Waals surface area contributed by atoms with Crippen LogP contribution in [-0.4, -0.2) is 14.8 Å². The number of nitrogens with zero attached hydrogens (tertiary/aromatic N) is 3. The van der Waals surface area contributed by atoms with Gasteiger partial charge in [-0.2, -0.15) is 5.10 Å². The molecule has 1 heterocycles. The molecule has 0 radical (unpaired) electrons. The van der Waals surface area contributed by atoms with Gasteiger partial charge >= 0.3 is 0 Å². The van der Waals surface area contributed by atoms with Gasteiger partial charge in [0, 0.05) is 12.6 Å². The van der Waals surface area contributed by atoms with Crippen LogP contribution in [0.15, 0.2) is 30.6 Å². The van der Waals surface area contributed by atoms with E-state index >= 15 is 0 Å². The highest BCUT2D eigenvalue weighted by Gasteiger charge is 2.09. The van der Waals surface area contributed by atoms with Gasteiger partial charge in [0.1, 0.15) is 12.2 Å². The van der Waals surface area contributed by atoms with E-state index in [-0.39, 0.29) is 0 Å². The molecule has 0 spiro atoms. The predicted molar refractivity (Wildman–Crippen MR) is 81.3 cm³/mol. The molecule has 0 aliphatic carbocycles. The number of aromatic nitrogens is 3. The van der Waals surface area contributed by atoms with Gasteiger partial charge in [-0.05, 0) is 25.3 Å². The van der Waals surface area contributed by atoms with Crippen molar-refractivity contribution in [2.24, 2.45) is 5.92 Å². The summed E-state index contributed by atoms with van der Waals surface area (Å²) in [6.07, 6.45) is 1.64. The average Bonchev–Trinajstić information content (AvgIpc) is 2.82. The Kier molecular flexibility index (Phi) is 4.90. The van der Waals surface area contributed by atoms with Crippen molar-refractivity contribution >= 4 is 0 Å². The summed E-state index contributed by atoms with van der Waals surface area (Å²) in [4.78, 5) is 4.34. The number of benzene rings is 1. The topological polar surface area (TPSA) is 42.7 Å². The second-order valence-electron chi connectivity index (χ2n) is 5.77. The fourth-order valence-electron chi connectivity index (χ4n) is 2.23. The minimum atomic E-state index is 0.305. The predicted octanol–water partition coefficient (Wildman–Crippen LogP) is 3.09. The Labute approximate surface area is 121 Å². The molecule has 0 aliphatic heterocycles. The van der Waals surface area contributed by atoms with Gasteiger partial charge in [0.05, 0.1) is 6.54 Å². The molecular formula is C16H24N4. The Morgan fingerprint density at radius 1 is 1.25 bits per heavy atom. The van der Waals surface area contributed by atoms with Crippen molar-refractivity contribution in [2.45, 2.75) is 46.8 Å². The van der Waals surface area contributed by atoms with Crippen molar-refractivity contribution in [2.75, 3.05) is 0 Å². The second-order valence-corrected chi connectivity index (χ2v) is 5.77. The van der Waals surface area contributed by atoms with Gasteiger partial charge in [-0.3, -0.25) is 0 Å². The molecule has 108 valence electrons. The maximum atomic E-state index is 4.34. The lowest BCUT2D eigenvalue weighted by Gasteiger charge is -2.15. The number of hydrogen-bond acceptors (Lipinski definition) is 3. The van der Waals surface area contributed by atoms with Gasteiger partial charge in [0.2, 0.25) is 0 Å². The standard InChI is InChI=1S/C16H24N4/c1-12(2)10-20-16(18-11-19-20)9-17-14(4)15-7-5-6-13(3)8-15/h5-8,11-12,14,17H,9-10H2,1-4H3/t14-/m1/s1. The van der Waals surface area contributed by atoms with Crippen molar-refractivity contribution in [1.29, 1.82) is 0 Å². The maximum absolute atomic E-state index is 4.34. The quantitative estimate of drug-likeness (QED) is 0.878. The van der Waals surface area contributed by atoms with E-state index in [0.29, 0.717) is 12.0 Å². The van der Waals surface area contributed by atoms with Gasteiger partial charge in [0.15, 0.2) is 0 Å². The molecule has 0 saturated carbocycles. The SMILES string of the molecule is Cc1cccc([C@@H](C)NCc2ncnn2CC(C)C)c1. The molecule has 2 rings (SSSR count). The van der Waals surface area contributed by atoms with E-state index in [9.17, 15) is 0 Å². The summed E-state index contributed by atoms with van der Waals surface area (Å²) in [6.45, 7) is 10.3. The van der Waals surface area contributed by atoms with E-state index in [1.54, 1.807) is 6.33 Å².